The van der Waals surface area contributed by atoms with Gasteiger partial charge in [0.15, 0.2) is 5.82 Å². The first-order valence-corrected chi connectivity index (χ1v) is 6.96. The van der Waals surface area contributed by atoms with Crippen LogP contribution in [0.2, 0.25) is 15.1 Å². The third-order valence-corrected chi connectivity index (χ3v) is 3.34. The lowest BCUT2D eigenvalue weighted by atomic mass is 10.3. The normalized spacial score (nSPS) is 10.4. The Morgan fingerprint density at radius 1 is 1.05 bits per heavy atom. The Morgan fingerprint density at radius 3 is 2.40 bits per heavy atom. The second-order valence-corrected chi connectivity index (χ2v) is 5.16. The Morgan fingerprint density at radius 2 is 1.75 bits per heavy atom. The number of rotatable bonds is 4. The summed E-state index contributed by atoms with van der Waals surface area (Å²) in [6, 6.07) is 5.92. The van der Waals surface area contributed by atoms with Crippen LogP contribution in [0.3, 0.4) is 0 Å². The predicted molar refractivity (Wildman–Crippen MR) is 83.1 cm³/mol. The second-order valence-electron chi connectivity index (χ2n) is 3.93. The summed E-state index contributed by atoms with van der Waals surface area (Å²) in [5, 5.41) is 6.75. The summed E-state index contributed by atoms with van der Waals surface area (Å²) < 4.78 is 13.4. The fourth-order valence-electron chi connectivity index (χ4n) is 1.56. The Hall–Kier alpha value is -1.23. The van der Waals surface area contributed by atoms with Crippen LogP contribution < -0.4 is 10.6 Å². The molecule has 1 heterocycles. The molecule has 7 heteroatoms. The number of nitrogens with one attached hydrogen (secondary N) is 2. The van der Waals surface area contributed by atoms with E-state index in [9.17, 15) is 4.39 Å². The van der Waals surface area contributed by atoms with Crippen molar-refractivity contribution < 1.29 is 4.39 Å². The van der Waals surface area contributed by atoms with Gasteiger partial charge >= 0.3 is 0 Å². The van der Waals surface area contributed by atoms with E-state index in [-0.39, 0.29) is 5.02 Å². The average Bonchev–Trinajstić information content (AvgIpc) is 2.39. The van der Waals surface area contributed by atoms with E-state index >= 15 is 0 Å². The number of benzene rings is 1. The van der Waals surface area contributed by atoms with E-state index < -0.39 is 5.82 Å². The van der Waals surface area contributed by atoms with Gasteiger partial charge in [-0.05, 0) is 31.2 Å². The van der Waals surface area contributed by atoms with Crippen molar-refractivity contribution in [3.05, 3.63) is 45.2 Å². The monoisotopic (exact) mass is 333 g/mol. The van der Waals surface area contributed by atoms with Gasteiger partial charge in [-0.1, -0.05) is 34.8 Å². The Kier molecular flexibility index (Phi) is 4.91. The SMILES string of the molecule is CCNc1nc(Nc2ccc(Cl)c(F)c2)c(Cl)cc1Cl. The molecular formula is C13H11Cl3FN3. The molecule has 106 valence electrons. The van der Waals surface area contributed by atoms with Crippen molar-refractivity contribution in [3.8, 4) is 0 Å². The largest absolute Gasteiger partial charge is 0.369 e. The molecule has 20 heavy (non-hydrogen) atoms. The number of aromatic nitrogens is 1. The molecule has 0 atom stereocenters. The van der Waals surface area contributed by atoms with Gasteiger partial charge in [-0.15, -0.1) is 0 Å². The Labute approximate surface area is 131 Å². The highest BCUT2D eigenvalue weighted by Gasteiger charge is 2.10. The summed E-state index contributed by atoms with van der Waals surface area (Å²) in [5.74, 6) is 0.373. The molecule has 0 fully saturated rings. The van der Waals surface area contributed by atoms with Crippen molar-refractivity contribution in [3.63, 3.8) is 0 Å². The molecule has 1 aromatic carbocycles. The van der Waals surface area contributed by atoms with Crippen molar-refractivity contribution in [1.82, 2.24) is 4.98 Å². The highest BCUT2D eigenvalue weighted by molar-refractivity contribution is 6.37. The topological polar surface area (TPSA) is 37.0 Å². The van der Waals surface area contributed by atoms with Crippen LogP contribution in [0, 0.1) is 5.82 Å². The third kappa shape index (κ3) is 3.45. The average molecular weight is 335 g/mol. The maximum absolute atomic E-state index is 13.4. The van der Waals surface area contributed by atoms with E-state index in [4.69, 9.17) is 34.8 Å². The summed E-state index contributed by atoms with van der Waals surface area (Å²) in [6.07, 6.45) is 0. The van der Waals surface area contributed by atoms with Crippen molar-refractivity contribution in [2.45, 2.75) is 6.92 Å². The highest BCUT2D eigenvalue weighted by Crippen LogP contribution is 2.31. The van der Waals surface area contributed by atoms with Gasteiger partial charge in [0.2, 0.25) is 0 Å². The zero-order valence-electron chi connectivity index (χ0n) is 10.5. The van der Waals surface area contributed by atoms with Crippen LogP contribution in [0.5, 0.6) is 0 Å². The fraction of sp³-hybridized carbons (Fsp3) is 0.154. The maximum atomic E-state index is 13.4. The van der Waals surface area contributed by atoms with Crippen LogP contribution in [0.25, 0.3) is 0 Å². The molecule has 1 aromatic heterocycles. The number of hydrogen-bond donors (Lipinski definition) is 2. The summed E-state index contributed by atoms with van der Waals surface area (Å²) in [4.78, 5) is 4.27. The van der Waals surface area contributed by atoms with Gasteiger partial charge < -0.3 is 10.6 Å². The number of pyridine rings is 1. The lowest BCUT2D eigenvalue weighted by Crippen LogP contribution is -2.03. The van der Waals surface area contributed by atoms with Gasteiger partial charge in [-0.25, -0.2) is 9.37 Å². The minimum absolute atomic E-state index is 0.0547. The molecule has 0 amide bonds. The van der Waals surface area contributed by atoms with Crippen LogP contribution in [-0.2, 0) is 0 Å². The summed E-state index contributed by atoms with van der Waals surface area (Å²) in [6.45, 7) is 2.59. The number of hydrogen-bond acceptors (Lipinski definition) is 3. The second kappa shape index (κ2) is 6.48. The third-order valence-electron chi connectivity index (χ3n) is 2.46. The molecule has 0 saturated carbocycles. The molecule has 2 rings (SSSR count). The molecule has 2 N–H and O–H groups in total. The number of halogens is 4. The molecule has 0 spiro atoms. The van der Waals surface area contributed by atoms with Gasteiger partial charge in [0.25, 0.3) is 0 Å². The van der Waals surface area contributed by atoms with Crippen LogP contribution in [0.1, 0.15) is 6.92 Å². The summed E-state index contributed by atoms with van der Waals surface area (Å²) in [7, 11) is 0. The first kappa shape index (κ1) is 15.2. The zero-order chi connectivity index (χ0) is 14.7. The molecule has 0 bridgehead atoms. The Bertz CT molecular complexity index is 634. The van der Waals surface area contributed by atoms with E-state index in [0.717, 1.165) is 0 Å². The molecule has 0 saturated heterocycles. The summed E-state index contributed by atoms with van der Waals surface area (Å²) in [5.41, 5.74) is 0.492. The lowest BCUT2D eigenvalue weighted by molar-refractivity contribution is 0.629. The van der Waals surface area contributed by atoms with E-state index in [0.29, 0.717) is 33.9 Å². The van der Waals surface area contributed by atoms with Crippen molar-refractivity contribution in [2.75, 3.05) is 17.2 Å². The van der Waals surface area contributed by atoms with E-state index in [2.05, 4.69) is 15.6 Å². The van der Waals surface area contributed by atoms with Crippen LogP contribution in [0.15, 0.2) is 24.3 Å². The quantitative estimate of drug-likeness (QED) is 0.790. The van der Waals surface area contributed by atoms with Gasteiger partial charge in [0, 0.05) is 12.2 Å². The maximum Gasteiger partial charge on any atom is 0.151 e. The standard InChI is InChI=1S/C13H11Cl3FN3/c1-2-18-12-9(15)6-10(16)13(20-12)19-7-3-4-8(14)11(17)5-7/h3-6H,2H2,1H3,(H2,18,19,20). The lowest BCUT2D eigenvalue weighted by Gasteiger charge is -2.12. The molecule has 0 aliphatic carbocycles. The van der Waals surface area contributed by atoms with Crippen LogP contribution in [-0.4, -0.2) is 11.5 Å². The Balaban J connectivity index is 2.32. The zero-order valence-corrected chi connectivity index (χ0v) is 12.7. The molecular weight excluding hydrogens is 324 g/mol. The predicted octanol–water partition coefficient (Wildman–Crippen LogP) is 5.36. The molecule has 0 radical (unpaired) electrons. The molecule has 3 nitrogen and oxygen atoms in total. The molecule has 0 aliphatic rings. The minimum atomic E-state index is -0.520. The molecule has 0 aliphatic heterocycles. The highest BCUT2D eigenvalue weighted by atomic mass is 35.5. The first-order chi connectivity index (χ1) is 9.51. The van der Waals surface area contributed by atoms with Gasteiger partial charge in [0.05, 0.1) is 15.1 Å². The minimum Gasteiger partial charge on any atom is -0.369 e. The van der Waals surface area contributed by atoms with E-state index in [1.54, 1.807) is 12.1 Å². The van der Waals surface area contributed by atoms with Crippen LogP contribution in [0.4, 0.5) is 21.7 Å². The smallest absolute Gasteiger partial charge is 0.151 e. The fourth-order valence-corrected chi connectivity index (χ4v) is 2.15. The van der Waals surface area contributed by atoms with Crippen LogP contribution >= 0.6 is 34.8 Å². The van der Waals surface area contributed by atoms with E-state index in [1.165, 1.54) is 12.1 Å². The van der Waals surface area contributed by atoms with Gasteiger partial charge in [0.1, 0.15) is 11.6 Å². The van der Waals surface area contributed by atoms with Crippen molar-refractivity contribution in [1.29, 1.82) is 0 Å². The van der Waals surface area contributed by atoms with Crippen molar-refractivity contribution >= 4 is 52.1 Å². The van der Waals surface area contributed by atoms with Crippen molar-refractivity contribution in [2.24, 2.45) is 0 Å². The number of anilines is 3. The molecule has 0 unspecified atom stereocenters. The summed E-state index contributed by atoms with van der Waals surface area (Å²) >= 11 is 17.7. The number of nitrogens with zero attached hydrogens (tertiary/aromatic N) is 1. The van der Waals surface area contributed by atoms with Gasteiger partial charge in [-0.2, -0.15) is 0 Å². The molecule has 2 aromatic rings. The van der Waals surface area contributed by atoms with Gasteiger partial charge in [-0.3, -0.25) is 0 Å². The van der Waals surface area contributed by atoms with E-state index in [1.807, 2.05) is 6.92 Å². The first-order valence-electron chi connectivity index (χ1n) is 5.83.